The van der Waals surface area contributed by atoms with E-state index in [-0.39, 0.29) is 12.5 Å². The number of carbonyl (C=O) groups is 1. The lowest BCUT2D eigenvalue weighted by atomic mass is 10.0. The van der Waals surface area contributed by atoms with Crippen LogP contribution in [0, 0.1) is 6.92 Å². The Bertz CT molecular complexity index is 1070. The van der Waals surface area contributed by atoms with Gasteiger partial charge in [-0.3, -0.25) is 4.79 Å². The van der Waals surface area contributed by atoms with E-state index in [0.29, 0.717) is 31.1 Å². The third kappa shape index (κ3) is 5.45. The van der Waals surface area contributed by atoms with E-state index in [9.17, 15) is 18.0 Å². The van der Waals surface area contributed by atoms with Gasteiger partial charge in [0.15, 0.2) is 5.82 Å². The van der Waals surface area contributed by atoms with Crippen LogP contribution >= 0.6 is 0 Å². The van der Waals surface area contributed by atoms with E-state index in [1.54, 1.807) is 19.3 Å². The maximum Gasteiger partial charge on any atom is 0.417 e. The van der Waals surface area contributed by atoms with Crippen molar-refractivity contribution in [1.29, 1.82) is 0 Å². The maximum atomic E-state index is 12.8. The lowest BCUT2D eigenvalue weighted by Gasteiger charge is -2.09. The molecule has 0 spiro atoms. The van der Waals surface area contributed by atoms with Gasteiger partial charge in [0.1, 0.15) is 6.54 Å². The van der Waals surface area contributed by atoms with Crippen molar-refractivity contribution in [2.75, 3.05) is 6.61 Å². The molecule has 0 atom stereocenters. The van der Waals surface area contributed by atoms with Crippen molar-refractivity contribution in [3.05, 3.63) is 53.1 Å². The molecule has 172 valence electrons. The number of pyridine rings is 1. The van der Waals surface area contributed by atoms with Crippen LogP contribution in [0.25, 0.3) is 5.82 Å². The summed E-state index contributed by atoms with van der Waals surface area (Å²) >= 11 is 0. The van der Waals surface area contributed by atoms with Crippen molar-refractivity contribution >= 4 is 5.97 Å². The Morgan fingerprint density at radius 1 is 1.25 bits per heavy atom. The standard InChI is InChI=1S/C21H24F3N5O3/c1-13(2)19-15(5-4-8-32-20-14(3)9-26-29(20)12-18(30)31)11-28(27-19)17-7-6-16(10-25-17)21(22,23)24/h6-7,9-11,13H,4-5,8,12H2,1-3H3,(H,30,31). The van der Waals surface area contributed by atoms with Crippen LogP contribution in [-0.2, 0) is 23.9 Å². The summed E-state index contributed by atoms with van der Waals surface area (Å²) in [7, 11) is 0. The number of rotatable bonds is 9. The van der Waals surface area contributed by atoms with E-state index < -0.39 is 17.7 Å². The molecule has 3 rings (SSSR count). The number of carboxylic acid groups (broad SMARTS) is 1. The summed E-state index contributed by atoms with van der Waals surface area (Å²) in [5, 5.41) is 17.5. The van der Waals surface area contributed by atoms with Crippen molar-refractivity contribution in [3.63, 3.8) is 0 Å². The first kappa shape index (κ1) is 23.3. The van der Waals surface area contributed by atoms with Crippen LogP contribution in [0.3, 0.4) is 0 Å². The number of alkyl halides is 3. The van der Waals surface area contributed by atoms with Gasteiger partial charge < -0.3 is 9.84 Å². The van der Waals surface area contributed by atoms with Crippen molar-refractivity contribution in [2.24, 2.45) is 0 Å². The number of aromatic nitrogens is 5. The number of aliphatic carboxylic acids is 1. The molecule has 0 aliphatic carbocycles. The Kier molecular flexibility index (Phi) is 6.85. The molecule has 3 heterocycles. The normalized spacial score (nSPS) is 11.8. The molecule has 0 bridgehead atoms. The zero-order valence-corrected chi connectivity index (χ0v) is 17.9. The van der Waals surface area contributed by atoms with E-state index in [0.717, 1.165) is 29.1 Å². The van der Waals surface area contributed by atoms with E-state index in [4.69, 9.17) is 9.84 Å². The third-order valence-electron chi connectivity index (χ3n) is 4.76. The number of hydrogen-bond donors (Lipinski definition) is 1. The van der Waals surface area contributed by atoms with Crippen molar-refractivity contribution in [2.45, 2.75) is 52.3 Å². The minimum Gasteiger partial charge on any atom is -0.480 e. The zero-order chi connectivity index (χ0) is 23.5. The first-order valence-corrected chi connectivity index (χ1v) is 10.0. The molecule has 32 heavy (non-hydrogen) atoms. The molecule has 8 nitrogen and oxygen atoms in total. The van der Waals surface area contributed by atoms with E-state index in [1.807, 2.05) is 13.8 Å². The van der Waals surface area contributed by atoms with Gasteiger partial charge in [-0.25, -0.2) is 14.3 Å². The lowest BCUT2D eigenvalue weighted by molar-refractivity contribution is -0.138. The average molecular weight is 451 g/mol. The summed E-state index contributed by atoms with van der Waals surface area (Å²) in [6, 6.07) is 2.27. The molecule has 0 saturated carbocycles. The van der Waals surface area contributed by atoms with Gasteiger partial charge in [0.25, 0.3) is 0 Å². The molecular weight excluding hydrogens is 427 g/mol. The van der Waals surface area contributed by atoms with E-state index in [2.05, 4.69) is 15.2 Å². The number of hydrogen-bond acceptors (Lipinski definition) is 5. The molecule has 11 heteroatoms. The number of nitrogens with zero attached hydrogens (tertiary/aromatic N) is 5. The van der Waals surface area contributed by atoms with Gasteiger partial charge in [-0.1, -0.05) is 13.8 Å². The highest BCUT2D eigenvalue weighted by Gasteiger charge is 2.30. The second kappa shape index (κ2) is 9.41. The van der Waals surface area contributed by atoms with Gasteiger partial charge in [-0.2, -0.15) is 23.4 Å². The molecular formula is C21H24F3N5O3. The largest absolute Gasteiger partial charge is 0.480 e. The van der Waals surface area contributed by atoms with Gasteiger partial charge in [0, 0.05) is 18.0 Å². The summed E-state index contributed by atoms with van der Waals surface area (Å²) in [6.07, 6.45) is 0.926. The van der Waals surface area contributed by atoms with E-state index in [1.165, 1.54) is 15.4 Å². The maximum absolute atomic E-state index is 12.8. The van der Waals surface area contributed by atoms with Crippen LogP contribution in [0.4, 0.5) is 13.2 Å². The quantitative estimate of drug-likeness (QED) is 0.494. The summed E-state index contributed by atoms with van der Waals surface area (Å²) in [4.78, 5) is 14.8. The van der Waals surface area contributed by atoms with Crippen molar-refractivity contribution in [1.82, 2.24) is 24.5 Å². The molecule has 0 radical (unpaired) electrons. The van der Waals surface area contributed by atoms with Crippen molar-refractivity contribution in [3.8, 4) is 11.7 Å². The van der Waals surface area contributed by atoms with Gasteiger partial charge in [0.05, 0.1) is 24.1 Å². The Morgan fingerprint density at radius 3 is 2.59 bits per heavy atom. The Labute approximate surface area is 182 Å². The van der Waals surface area contributed by atoms with Crippen molar-refractivity contribution < 1.29 is 27.8 Å². The van der Waals surface area contributed by atoms with Crippen LogP contribution in [0.5, 0.6) is 5.88 Å². The molecule has 1 N–H and O–H groups in total. The highest BCUT2D eigenvalue weighted by Crippen LogP contribution is 2.29. The summed E-state index contributed by atoms with van der Waals surface area (Å²) < 4.78 is 46.9. The molecule has 0 fully saturated rings. The molecule has 3 aromatic rings. The monoisotopic (exact) mass is 451 g/mol. The fourth-order valence-corrected chi connectivity index (χ4v) is 3.24. The van der Waals surface area contributed by atoms with Gasteiger partial charge in [-0.05, 0) is 43.4 Å². The van der Waals surface area contributed by atoms with Crippen LogP contribution in [0.2, 0.25) is 0 Å². The van der Waals surface area contributed by atoms with Gasteiger partial charge in [-0.15, -0.1) is 0 Å². The van der Waals surface area contributed by atoms with Crippen LogP contribution in [-0.4, -0.2) is 42.2 Å². The Hall–Kier alpha value is -3.37. The summed E-state index contributed by atoms with van der Waals surface area (Å²) in [6.45, 7) is 5.82. The smallest absolute Gasteiger partial charge is 0.417 e. The first-order valence-electron chi connectivity index (χ1n) is 10.0. The van der Waals surface area contributed by atoms with Gasteiger partial charge >= 0.3 is 12.1 Å². The fourth-order valence-electron chi connectivity index (χ4n) is 3.24. The average Bonchev–Trinajstić information content (AvgIpc) is 3.29. The molecule has 0 aromatic carbocycles. The minimum absolute atomic E-state index is 0.112. The van der Waals surface area contributed by atoms with E-state index >= 15 is 0 Å². The number of ether oxygens (including phenoxy) is 1. The Balaban J connectivity index is 1.68. The van der Waals surface area contributed by atoms with Crippen LogP contribution < -0.4 is 4.74 Å². The van der Waals surface area contributed by atoms with Crippen LogP contribution in [0.15, 0.2) is 30.7 Å². The Morgan fingerprint density at radius 2 is 2.00 bits per heavy atom. The second-order valence-corrected chi connectivity index (χ2v) is 7.68. The predicted octanol–water partition coefficient (Wildman–Crippen LogP) is 4.01. The van der Waals surface area contributed by atoms with Crippen LogP contribution in [0.1, 0.15) is 48.6 Å². The highest BCUT2D eigenvalue weighted by molar-refractivity contribution is 5.66. The number of aryl methyl sites for hydroxylation is 2. The topological polar surface area (TPSA) is 95.1 Å². The molecule has 0 amide bonds. The summed E-state index contributed by atoms with van der Waals surface area (Å²) in [5.74, 6) is -0.179. The molecule has 0 aliphatic heterocycles. The predicted molar refractivity (Wildman–Crippen MR) is 109 cm³/mol. The molecule has 0 saturated heterocycles. The third-order valence-corrected chi connectivity index (χ3v) is 4.76. The molecule has 0 unspecified atom stereocenters. The molecule has 3 aromatic heterocycles. The first-order chi connectivity index (χ1) is 15.1. The highest BCUT2D eigenvalue weighted by atomic mass is 19.4. The SMILES string of the molecule is Cc1cnn(CC(=O)O)c1OCCCc1cn(-c2ccc(C(F)(F)F)cn2)nc1C(C)C. The minimum atomic E-state index is -4.44. The zero-order valence-electron chi connectivity index (χ0n) is 17.9. The summed E-state index contributed by atoms with van der Waals surface area (Å²) in [5.41, 5.74) is 1.71. The molecule has 0 aliphatic rings. The van der Waals surface area contributed by atoms with Gasteiger partial charge in [0.2, 0.25) is 5.88 Å². The second-order valence-electron chi connectivity index (χ2n) is 7.68. The number of carboxylic acids is 1. The number of halogens is 3. The fraction of sp³-hybridized carbons (Fsp3) is 0.429. The lowest BCUT2D eigenvalue weighted by Crippen LogP contribution is -2.13.